The van der Waals surface area contributed by atoms with Crippen molar-refractivity contribution in [3.05, 3.63) is 65.9 Å². The maximum absolute atomic E-state index is 12.7. The number of aromatic amines is 1. The van der Waals surface area contributed by atoms with E-state index in [4.69, 9.17) is 0 Å². The van der Waals surface area contributed by atoms with E-state index < -0.39 is 0 Å². The number of nitrogens with one attached hydrogen (secondary N) is 2. The van der Waals surface area contributed by atoms with Crippen LogP contribution in [-0.4, -0.2) is 47.1 Å². The van der Waals surface area contributed by atoms with Crippen molar-refractivity contribution in [1.82, 2.24) is 15.2 Å². The van der Waals surface area contributed by atoms with E-state index in [1.165, 1.54) is 22.7 Å². The molecule has 0 radical (unpaired) electrons. The zero-order valence-electron chi connectivity index (χ0n) is 16.3. The maximum Gasteiger partial charge on any atom is 0.252 e. The second kappa shape index (κ2) is 9.18. The summed E-state index contributed by atoms with van der Waals surface area (Å²) in [6, 6.07) is 15.7. The fourth-order valence-electron chi connectivity index (χ4n) is 3.72. The van der Waals surface area contributed by atoms with Crippen LogP contribution in [0.4, 0.5) is 0 Å². The van der Waals surface area contributed by atoms with E-state index in [0.29, 0.717) is 17.9 Å². The van der Waals surface area contributed by atoms with E-state index >= 15 is 0 Å². The summed E-state index contributed by atoms with van der Waals surface area (Å²) in [4.78, 5) is 31.1. The van der Waals surface area contributed by atoms with Crippen molar-refractivity contribution in [2.75, 3.05) is 25.4 Å². The fraction of sp³-hybridized carbons (Fsp3) is 0.304. The lowest BCUT2D eigenvalue weighted by Gasteiger charge is -2.15. The van der Waals surface area contributed by atoms with Gasteiger partial charge in [0.1, 0.15) is 0 Å². The average molecular weight is 408 g/mol. The normalized spacial score (nSPS) is 13.7. The molecular weight excluding hydrogens is 382 g/mol. The Morgan fingerprint density at radius 3 is 2.66 bits per heavy atom. The molecule has 0 bridgehead atoms. The number of hydrogen-bond donors (Lipinski definition) is 2. The lowest BCUT2D eigenvalue weighted by atomic mass is 10.1. The minimum absolute atomic E-state index is 0.0958. The molecule has 3 aromatic rings. The quantitative estimate of drug-likeness (QED) is 0.585. The predicted octanol–water partition coefficient (Wildman–Crippen LogP) is 3.85. The molecule has 0 spiro atoms. The summed E-state index contributed by atoms with van der Waals surface area (Å²) < 4.78 is 0. The molecule has 1 aliphatic rings. The average Bonchev–Trinajstić information content (AvgIpc) is 3.43. The highest BCUT2D eigenvalue weighted by atomic mass is 32.2. The van der Waals surface area contributed by atoms with Crippen molar-refractivity contribution in [3.8, 4) is 0 Å². The van der Waals surface area contributed by atoms with Crippen LogP contribution in [-0.2, 0) is 11.2 Å². The number of para-hydroxylation sites is 1. The van der Waals surface area contributed by atoms with Crippen molar-refractivity contribution in [2.24, 2.45) is 0 Å². The highest BCUT2D eigenvalue weighted by molar-refractivity contribution is 8.00. The summed E-state index contributed by atoms with van der Waals surface area (Å²) in [5, 5.41) is 4.22. The van der Waals surface area contributed by atoms with E-state index in [2.05, 4.69) is 16.4 Å². The minimum atomic E-state index is -0.0958. The van der Waals surface area contributed by atoms with E-state index in [0.717, 1.165) is 42.8 Å². The summed E-state index contributed by atoms with van der Waals surface area (Å²) in [7, 11) is 0. The number of likely N-dealkylation sites (tertiary alicyclic amines) is 1. The monoisotopic (exact) mass is 407 g/mol. The number of fused-ring (bicyclic) bond motifs is 1. The first-order chi connectivity index (χ1) is 14.2. The topological polar surface area (TPSA) is 65.2 Å². The molecule has 2 aromatic carbocycles. The maximum atomic E-state index is 12.7. The van der Waals surface area contributed by atoms with Crippen LogP contribution in [0.15, 0.2) is 59.6 Å². The molecule has 1 aromatic heterocycles. The molecule has 2 amide bonds. The summed E-state index contributed by atoms with van der Waals surface area (Å²) in [5.74, 6) is 0.434. The van der Waals surface area contributed by atoms with Gasteiger partial charge in [-0.3, -0.25) is 9.59 Å². The molecule has 29 heavy (non-hydrogen) atoms. The van der Waals surface area contributed by atoms with Gasteiger partial charge in [0.25, 0.3) is 5.91 Å². The fourth-order valence-corrected chi connectivity index (χ4v) is 4.67. The van der Waals surface area contributed by atoms with Gasteiger partial charge in [0.2, 0.25) is 5.91 Å². The molecule has 6 heteroatoms. The Labute approximate surface area is 174 Å². The number of benzene rings is 2. The van der Waals surface area contributed by atoms with Crippen molar-refractivity contribution in [3.63, 3.8) is 0 Å². The Balaban J connectivity index is 1.34. The highest BCUT2D eigenvalue weighted by Gasteiger charge is 2.19. The van der Waals surface area contributed by atoms with Crippen LogP contribution in [0.5, 0.6) is 0 Å². The van der Waals surface area contributed by atoms with Crippen LogP contribution in [0.25, 0.3) is 10.9 Å². The van der Waals surface area contributed by atoms with Crippen molar-refractivity contribution in [2.45, 2.75) is 24.2 Å². The highest BCUT2D eigenvalue weighted by Crippen LogP contribution is 2.24. The number of aromatic nitrogens is 1. The molecule has 0 atom stereocenters. The predicted molar refractivity (Wildman–Crippen MR) is 117 cm³/mol. The summed E-state index contributed by atoms with van der Waals surface area (Å²) in [5.41, 5.74) is 2.93. The Bertz CT molecular complexity index is 1010. The van der Waals surface area contributed by atoms with Gasteiger partial charge in [-0.05, 0) is 43.0 Å². The van der Waals surface area contributed by atoms with Gasteiger partial charge in [0.05, 0.1) is 11.3 Å². The van der Waals surface area contributed by atoms with Crippen LogP contribution in [0.1, 0.15) is 28.8 Å². The number of carbonyl (C=O) groups is 2. The number of thioether (sulfide) groups is 1. The van der Waals surface area contributed by atoms with Crippen molar-refractivity contribution < 1.29 is 9.59 Å². The first-order valence-electron chi connectivity index (χ1n) is 10.0. The smallest absolute Gasteiger partial charge is 0.252 e. The number of rotatable bonds is 7. The molecule has 1 aliphatic heterocycles. The SMILES string of the molecule is O=C(NCCc1c[nH]c2ccccc12)c1ccccc1SCC(=O)N1CCCC1. The number of carbonyl (C=O) groups excluding carboxylic acids is 2. The van der Waals surface area contributed by atoms with Gasteiger partial charge < -0.3 is 15.2 Å². The second-order valence-corrected chi connectivity index (χ2v) is 8.26. The molecule has 0 unspecified atom stereocenters. The largest absolute Gasteiger partial charge is 0.361 e. The van der Waals surface area contributed by atoms with Gasteiger partial charge in [-0.1, -0.05) is 30.3 Å². The molecule has 2 N–H and O–H groups in total. The van der Waals surface area contributed by atoms with Crippen molar-refractivity contribution >= 4 is 34.5 Å². The number of nitrogens with zero attached hydrogens (tertiary/aromatic N) is 1. The van der Waals surface area contributed by atoms with Crippen LogP contribution in [0.3, 0.4) is 0 Å². The third kappa shape index (κ3) is 4.65. The third-order valence-electron chi connectivity index (χ3n) is 5.30. The summed E-state index contributed by atoms with van der Waals surface area (Å²) in [6.45, 7) is 2.27. The molecule has 5 nitrogen and oxygen atoms in total. The molecule has 150 valence electrons. The third-order valence-corrected chi connectivity index (χ3v) is 6.35. The van der Waals surface area contributed by atoms with Gasteiger partial charge in [-0.2, -0.15) is 0 Å². The standard InChI is InChI=1S/C23H25N3O2S/c27-22(26-13-5-6-14-26)16-29-21-10-4-2-8-19(21)23(28)24-12-11-17-15-25-20-9-3-1-7-18(17)20/h1-4,7-10,15,25H,5-6,11-14,16H2,(H,24,28). The Kier molecular flexibility index (Phi) is 6.20. The van der Waals surface area contributed by atoms with E-state index in [-0.39, 0.29) is 11.8 Å². The number of H-pyrrole nitrogens is 1. The molecule has 0 aliphatic carbocycles. The lowest BCUT2D eigenvalue weighted by molar-refractivity contribution is -0.127. The first-order valence-corrected chi connectivity index (χ1v) is 11.0. The van der Waals surface area contributed by atoms with E-state index in [1.54, 1.807) is 0 Å². The molecule has 1 fully saturated rings. The molecule has 4 rings (SSSR count). The van der Waals surface area contributed by atoms with Gasteiger partial charge in [-0.25, -0.2) is 0 Å². The molecule has 0 saturated carbocycles. The minimum Gasteiger partial charge on any atom is -0.361 e. The Morgan fingerprint density at radius 1 is 1.03 bits per heavy atom. The summed E-state index contributed by atoms with van der Waals surface area (Å²) >= 11 is 1.45. The Morgan fingerprint density at radius 2 is 1.79 bits per heavy atom. The summed E-state index contributed by atoms with van der Waals surface area (Å²) in [6.07, 6.45) is 4.95. The Hall–Kier alpha value is -2.73. The van der Waals surface area contributed by atoms with Gasteiger partial charge in [0.15, 0.2) is 0 Å². The van der Waals surface area contributed by atoms with Crippen LogP contribution in [0, 0.1) is 0 Å². The first kappa shape index (κ1) is 19.6. The van der Waals surface area contributed by atoms with Gasteiger partial charge >= 0.3 is 0 Å². The zero-order chi connectivity index (χ0) is 20.1. The van der Waals surface area contributed by atoms with Gasteiger partial charge in [0, 0.05) is 41.6 Å². The molecule has 1 saturated heterocycles. The van der Waals surface area contributed by atoms with Crippen LogP contribution in [0.2, 0.25) is 0 Å². The molecule has 2 heterocycles. The van der Waals surface area contributed by atoms with Crippen molar-refractivity contribution in [1.29, 1.82) is 0 Å². The van der Waals surface area contributed by atoms with E-state index in [9.17, 15) is 9.59 Å². The second-order valence-electron chi connectivity index (χ2n) is 7.24. The van der Waals surface area contributed by atoms with Gasteiger partial charge in [-0.15, -0.1) is 11.8 Å². The molecular formula is C23H25N3O2S. The number of hydrogen-bond acceptors (Lipinski definition) is 3. The lowest BCUT2D eigenvalue weighted by Crippen LogP contribution is -2.29. The van der Waals surface area contributed by atoms with Crippen LogP contribution < -0.4 is 5.32 Å². The zero-order valence-corrected chi connectivity index (χ0v) is 17.1. The van der Waals surface area contributed by atoms with E-state index in [1.807, 2.05) is 53.6 Å². The number of amides is 2. The van der Waals surface area contributed by atoms with Crippen LogP contribution >= 0.6 is 11.8 Å².